The molecule has 4 heteroatoms. The number of nitrogens with zero attached hydrogens (tertiary/aromatic N) is 1. The molecule has 1 heterocycles. The Labute approximate surface area is 105 Å². The number of aliphatic hydroxyl groups is 1. The van der Waals surface area contributed by atoms with E-state index in [4.69, 9.17) is 11.6 Å². The van der Waals surface area contributed by atoms with Gasteiger partial charge in [-0.1, -0.05) is 30.7 Å². The van der Waals surface area contributed by atoms with Gasteiger partial charge in [0.25, 0.3) is 0 Å². The summed E-state index contributed by atoms with van der Waals surface area (Å²) in [6, 6.07) is 9.48. The molecule has 0 aliphatic heterocycles. The van der Waals surface area contributed by atoms with Crippen molar-refractivity contribution in [2.24, 2.45) is 0 Å². The maximum absolute atomic E-state index is 9.53. The van der Waals surface area contributed by atoms with E-state index in [1.54, 1.807) is 6.92 Å². The van der Waals surface area contributed by atoms with Gasteiger partial charge in [0.2, 0.25) is 0 Å². The summed E-state index contributed by atoms with van der Waals surface area (Å²) in [5.74, 6) is 0.0450. The Morgan fingerprint density at radius 3 is 2.47 bits per heavy atom. The van der Waals surface area contributed by atoms with E-state index < -0.39 is 6.10 Å². The summed E-state index contributed by atoms with van der Waals surface area (Å²) in [4.78, 5) is 0. The quantitative estimate of drug-likeness (QED) is 0.879. The minimum atomic E-state index is -0.395. The van der Waals surface area contributed by atoms with Crippen LogP contribution in [0.4, 0.5) is 0 Å². The summed E-state index contributed by atoms with van der Waals surface area (Å²) < 4.78 is 0. The summed E-state index contributed by atoms with van der Waals surface area (Å²) in [6.07, 6.45) is -0.395. The van der Waals surface area contributed by atoms with Crippen LogP contribution in [-0.4, -0.2) is 21.4 Å². The Morgan fingerprint density at radius 2 is 1.88 bits per heavy atom. The zero-order valence-corrected chi connectivity index (χ0v) is 10.6. The Bertz CT molecular complexity index is 490. The van der Waals surface area contributed by atoms with Crippen LogP contribution in [0.2, 0.25) is 5.02 Å². The molecule has 1 aromatic heterocycles. The van der Waals surface area contributed by atoms with Crippen molar-refractivity contribution >= 4 is 11.6 Å². The largest absolute Gasteiger partial charge is 0.393 e. The predicted octanol–water partition coefficient (Wildman–Crippen LogP) is 3.21. The van der Waals surface area contributed by atoms with Gasteiger partial charge in [-0.15, -0.1) is 0 Å². The lowest BCUT2D eigenvalue weighted by Gasteiger charge is -2.11. The molecule has 0 aliphatic carbocycles. The summed E-state index contributed by atoms with van der Waals surface area (Å²) >= 11 is 5.84. The predicted molar refractivity (Wildman–Crippen MR) is 69.1 cm³/mol. The highest BCUT2D eigenvalue weighted by Crippen LogP contribution is 2.24. The number of rotatable bonds is 3. The highest BCUT2D eigenvalue weighted by molar-refractivity contribution is 6.30. The maximum atomic E-state index is 9.53. The number of aliphatic hydroxyl groups excluding tert-OH is 1. The third kappa shape index (κ3) is 2.68. The molecule has 0 amide bonds. The molecule has 0 saturated heterocycles. The molecule has 0 saturated carbocycles. The third-order valence-electron chi connectivity index (χ3n) is 2.95. The monoisotopic (exact) mass is 250 g/mol. The van der Waals surface area contributed by atoms with Gasteiger partial charge >= 0.3 is 0 Å². The van der Waals surface area contributed by atoms with Gasteiger partial charge < -0.3 is 5.11 Å². The van der Waals surface area contributed by atoms with E-state index in [9.17, 15) is 5.11 Å². The van der Waals surface area contributed by atoms with Gasteiger partial charge in [0.05, 0.1) is 11.8 Å². The molecular weight excluding hydrogens is 236 g/mol. The van der Waals surface area contributed by atoms with Crippen LogP contribution >= 0.6 is 11.6 Å². The van der Waals surface area contributed by atoms with Gasteiger partial charge in [-0.2, -0.15) is 5.10 Å². The minimum Gasteiger partial charge on any atom is -0.393 e. The molecule has 3 nitrogen and oxygen atoms in total. The number of benzene rings is 1. The van der Waals surface area contributed by atoms with Gasteiger partial charge in [0, 0.05) is 22.2 Å². The third-order valence-corrected chi connectivity index (χ3v) is 3.20. The van der Waals surface area contributed by atoms with Crippen LogP contribution in [0.15, 0.2) is 30.3 Å². The van der Waals surface area contributed by atoms with E-state index >= 15 is 0 Å². The first kappa shape index (κ1) is 12.1. The molecule has 2 aromatic rings. The average Bonchev–Trinajstić information content (AvgIpc) is 2.78. The van der Waals surface area contributed by atoms with Crippen molar-refractivity contribution in [2.45, 2.75) is 25.9 Å². The first-order valence-electron chi connectivity index (χ1n) is 5.57. The van der Waals surface area contributed by atoms with Crippen molar-refractivity contribution < 1.29 is 5.11 Å². The van der Waals surface area contributed by atoms with Crippen LogP contribution in [0.25, 0.3) is 11.3 Å². The molecular formula is C13H15ClN2O. The molecule has 90 valence electrons. The van der Waals surface area contributed by atoms with E-state index in [1.807, 2.05) is 37.3 Å². The minimum absolute atomic E-state index is 0.0450. The Balaban J connectivity index is 2.26. The van der Waals surface area contributed by atoms with Gasteiger partial charge in [-0.25, -0.2) is 0 Å². The normalized spacial score (nSPS) is 14.6. The van der Waals surface area contributed by atoms with Gasteiger partial charge in [-0.3, -0.25) is 5.10 Å². The van der Waals surface area contributed by atoms with Gasteiger partial charge in [0.15, 0.2) is 0 Å². The number of halogens is 1. The summed E-state index contributed by atoms with van der Waals surface area (Å²) in [5, 5.41) is 17.4. The molecule has 2 N–H and O–H groups in total. The fourth-order valence-electron chi connectivity index (χ4n) is 1.60. The van der Waals surface area contributed by atoms with Gasteiger partial charge in [0.1, 0.15) is 0 Å². The Kier molecular flexibility index (Phi) is 3.50. The summed E-state index contributed by atoms with van der Waals surface area (Å²) in [5.41, 5.74) is 2.81. The van der Waals surface area contributed by atoms with E-state index in [-0.39, 0.29) is 5.92 Å². The lowest BCUT2D eigenvalue weighted by atomic mass is 10.0. The standard InChI is InChI=1S/C13H15ClN2O/c1-8(9(2)17)12-7-13(16-15-12)10-3-5-11(14)6-4-10/h3-9,17H,1-2H3,(H,15,16). The van der Waals surface area contributed by atoms with Crippen LogP contribution in [0.1, 0.15) is 25.5 Å². The van der Waals surface area contributed by atoms with Crippen molar-refractivity contribution in [3.05, 3.63) is 41.0 Å². The van der Waals surface area contributed by atoms with Crippen molar-refractivity contribution in [2.75, 3.05) is 0 Å². The number of hydrogen-bond donors (Lipinski definition) is 2. The molecule has 0 radical (unpaired) electrons. The molecule has 2 rings (SSSR count). The zero-order valence-electron chi connectivity index (χ0n) is 9.81. The number of aromatic amines is 1. The molecule has 1 aromatic carbocycles. The van der Waals surface area contributed by atoms with E-state index in [0.29, 0.717) is 5.02 Å². The van der Waals surface area contributed by atoms with Crippen LogP contribution in [-0.2, 0) is 0 Å². The molecule has 0 spiro atoms. The highest BCUT2D eigenvalue weighted by Gasteiger charge is 2.14. The average molecular weight is 251 g/mol. The van der Waals surface area contributed by atoms with Crippen molar-refractivity contribution in [1.29, 1.82) is 0 Å². The lowest BCUT2D eigenvalue weighted by molar-refractivity contribution is 0.167. The van der Waals surface area contributed by atoms with E-state index in [1.165, 1.54) is 0 Å². The Morgan fingerprint density at radius 1 is 1.24 bits per heavy atom. The highest BCUT2D eigenvalue weighted by atomic mass is 35.5. The molecule has 0 fully saturated rings. The number of nitrogens with one attached hydrogen (secondary N) is 1. The van der Waals surface area contributed by atoms with Crippen molar-refractivity contribution in [1.82, 2.24) is 10.2 Å². The first-order chi connectivity index (χ1) is 8.08. The SMILES string of the molecule is CC(O)C(C)c1cc(-c2ccc(Cl)cc2)n[nH]1. The van der Waals surface area contributed by atoms with Crippen LogP contribution in [0.5, 0.6) is 0 Å². The fourth-order valence-corrected chi connectivity index (χ4v) is 1.72. The number of hydrogen-bond acceptors (Lipinski definition) is 2. The number of H-pyrrole nitrogens is 1. The fraction of sp³-hybridized carbons (Fsp3) is 0.308. The zero-order chi connectivity index (χ0) is 12.4. The second-order valence-electron chi connectivity index (χ2n) is 4.24. The number of aromatic nitrogens is 2. The van der Waals surface area contributed by atoms with E-state index in [0.717, 1.165) is 17.0 Å². The lowest BCUT2D eigenvalue weighted by Crippen LogP contribution is -2.11. The smallest absolute Gasteiger partial charge is 0.0923 e. The van der Waals surface area contributed by atoms with Crippen LogP contribution < -0.4 is 0 Å². The molecule has 2 atom stereocenters. The summed E-state index contributed by atoms with van der Waals surface area (Å²) in [6.45, 7) is 3.73. The van der Waals surface area contributed by atoms with Crippen molar-refractivity contribution in [3.8, 4) is 11.3 Å². The maximum Gasteiger partial charge on any atom is 0.0923 e. The van der Waals surface area contributed by atoms with Crippen LogP contribution in [0.3, 0.4) is 0 Å². The topological polar surface area (TPSA) is 48.9 Å². The Hall–Kier alpha value is -1.32. The van der Waals surface area contributed by atoms with Gasteiger partial charge in [-0.05, 0) is 25.1 Å². The van der Waals surface area contributed by atoms with E-state index in [2.05, 4.69) is 10.2 Å². The second-order valence-corrected chi connectivity index (χ2v) is 4.68. The molecule has 0 aliphatic rings. The second kappa shape index (κ2) is 4.90. The molecule has 2 unspecified atom stereocenters. The van der Waals surface area contributed by atoms with Crippen LogP contribution in [0, 0.1) is 0 Å². The molecule has 17 heavy (non-hydrogen) atoms. The first-order valence-corrected chi connectivity index (χ1v) is 5.95. The molecule has 0 bridgehead atoms. The van der Waals surface area contributed by atoms with Crippen molar-refractivity contribution in [3.63, 3.8) is 0 Å². The summed E-state index contributed by atoms with van der Waals surface area (Å²) in [7, 11) is 0.